The fourth-order valence-corrected chi connectivity index (χ4v) is 4.36. The molecule has 0 aliphatic carbocycles. The first kappa shape index (κ1) is 32.9. The standard InChI is InChI=1S/C30H41N5O6/c1-6-18(4)26(35-29(40)24(13-17(2)3)33-19(5)36)27(38)30(41)32-16-25(37)34-23(28(31)39)15-20-11-12-21-9-7-8-10-22(21)14-20/h7-12,14,17-18,23-24,26H,6,13,15-16H2,1-5H3,(H2,31,39)(H,32,41)(H,33,36)(H,34,37)(H,35,40)/t18-,23?,24?,26?/m0/s1. The van der Waals surface area contributed by atoms with Gasteiger partial charge in [0.25, 0.3) is 5.91 Å². The Kier molecular flexibility index (Phi) is 12.4. The maximum atomic E-state index is 13.0. The van der Waals surface area contributed by atoms with Gasteiger partial charge >= 0.3 is 0 Å². The quantitative estimate of drug-likeness (QED) is 0.201. The first-order chi connectivity index (χ1) is 19.3. The zero-order chi connectivity index (χ0) is 30.7. The Morgan fingerprint density at radius 2 is 1.51 bits per heavy atom. The number of primary amides is 1. The Morgan fingerprint density at radius 3 is 2.10 bits per heavy atom. The number of nitrogens with two attached hydrogens (primary N) is 1. The molecule has 2 aromatic rings. The van der Waals surface area contributed by atoms with Gasteiger partial charge in [0.2, 0.25) is 29.4 Å². The average Bonchev–Trinajstić information content (AvgIpc) is 2.92. The van der Waals surface area contributed by atoms with E-state index in [2.05, 4.69) is 21.3 Å². The molecule has 0 spiro atoms. The maximum absolute atomic E-state index is 13.0. The van der Waals surface area contributed by atoms with Gasteiger partial charge in [-0.1, -0.05) is 76.6 Å². The summed E-state index contributed by atoms with van der Waals surface area (Å²) in [6.07, 6.45) is 0.973. The summed E-state index contributed by atoms with van der Waals surface area (Å²) in [6.45, 7) is 8.02. The van der Waals surface area contributed by atoms with Crippen molar-refractivity contribution in [2.45, 2.75) is 72.0 Å². The molecule has 0 heterocycles. The van der Waals surface area contributed by atoms with Crippen LogP contribution in [0.25, 0.3) is 10.8 Å². The first-order valence-corrected chi connectivity index (χ1v) is 13.8. The predicted molar refractivity (Wildman–Crippen MR) is 155 cm³/mol. The molecule has 41 heavy (non-hydrogen) atoms. The summed E-state index contributed by atoms with van der Waals surface area (Å²) in [7, 11) is 0. The second-order valence-corrected chi connectivity index (χ2v) is 10.7. The van der Waals surface area contributed by atoms with Gasteiger partial charge in [0.1, 0.15) is 12.1 Å². The zero-order valence-electron chi connectivity index (χ0n) is 24.3. The third-order valence-corrected chi connectivity index (χ3v) is 6.76. The molecule has 11 heteroatoms. The number of fused-ring (bicyclic) bond motifs is 1. The van der Waals surface area contributed by atoms with Crippen LogP contribution in [-0.4, -0.2) is 60.0 Å². The number of Topliss-reactive ketones (excluding diaryl/α,β-unsaturated/α-hetero) is 1. The zero-order valence-corrected chi connectivity index (χ0v) is 24.3. The van der Waals surface area contributed by atoms with Gasteiger partial charge in [0.15, 0.2) is 0 Å². The molecule has 5 amide bonds. The van der Waals surface area contributed by atoms with E-state index in [9.17, 15) is 28.8 Å². The minimum absolute atomic E-state index is 0.0858. The summed E-state index contributed by atoms with van der Waals surface area (Å²) in [5.41, 5.74) is 6.29. The van der Waals surface area contributed by atoms with Crippen LogP contribution in [0.15, 0.2) is 42.5 Å². The highest BCUT2D eigenvalue weighted by Gasteiger charge is 2.33. The van der Waals surface area contributed by atoms with Crippen molar-refractivity contribution in [2.24, 2.45) is 17.6 Å². The molecular formula is C30H41N5O6. The van der Waals surface area contributed by atoms with E-state index in [4.69, 9.17) is 5.73 Å². The number of amides is 5. The van der Waals surface area contributed by atoms with Crippen molar-refractivity contribution >= 4 is 46.1 Å². The van der Waals surface area contributed by atoms with E-state index in [1.165, 1.54) is 6.92 Å². The second kappa shape index (κ2) is 15.5. The minimum Gasteiger partial charge on any atom is -0.368 e. The van der Waals surface area contributed by atoms with E-state index in [1.807, 2.05) is 56.3 Å². The largest absolute Gasteiger partial charge is 0.368 e. The first-order valence-electron chi connectivity index (χ1n) is 13.8. The van der Waals surface area contributed by atoms with Crippen LogP contribution in [0.2, 0.25) is 0 Å². The fraction of sp³-hybridized carbons (Fsp3) is 0.467. The lowest BCUT2D eigenvalue weighted by atomic mass is 9.94. The highest BCUT2D eigenvalue weighted by atomic mass is 16.2. The average molecular weight is 568 g/mol. The van der Waals surface area contributed by atoms with Crippen molar-refractivity contribution in [1.29, 1.82) is 0 Å². The molecule has 222 valence electrons. The Bertz CT molecular complexity index is 1280. The van der Waals surface area contributed by atoms with Gasteiger partial charge in [-0.15, -0.1) is 0 Å². The molecule has 0 aromatic heterocycles. The second-order valence-electron chi connectivity index (χ2n) is 10.7. The van der Waals surface area contributed by atoms with Crippen LogP contribution in [-0.2, 0) is 35.2 Å². The number of rotatable bonds is 15. The Morgan fingerprint density at radius 1 is 0.854 bits per heavy atom. The van der Waals surface area contributed by atoms with E-state index in [0.717, 1.165) is 16.3 Å². The van der Waals surface area contributed by atoms with E-state index < -0.39 is 65.9 Å². The normalized spacial score (nSPS) is 13.9. The summed E-state index contributed by atoms with van der Waals surface area (Å²) in [5, 5.41) is 12.0. The Hall–Kier alpha value is -4.28. The monoisotopic (exact) mass is 567 g/mol. The summed E-state index contributed by atoms with van der Waals surface area (Å²) >= 11 is 0. The highest BCUT2D eigenvalue weighted by molar-refractivity contribution is 6.38. The molecule has 0 radical (unpaired) electrons. The summed E-state index contributed by atoms with van der Waals surface area (Å²) in [6, 6.07) is 10.3. The van der Waals surface area contributed by atoms with Gasteiger partial charge in [0, 0.05) is 13.3 Å². The number of carbonyl (C=O) groups excluding carboxylic acids is 6. The number of benzene rings is 2. The molecule has 3 unspecified atom stereocenters. The van der Waals surface area contributed by atoms with Crippen molar-refractivity contribution in [2.75, 3.05) is 6.54 Å². The van der Waals surface area contributed by atoms with Crippen LogP contribution in [0.3, 0.4) is 0 Å². The third-order valence-electron chi connectivity index (χ3n) is 6.76. The number of hydrogen-bond donors (Lipinski definition) is 5. The van der Waals surface area contributed by atoms with Crippen LogP contribution >= 0.6 is 0 Å². The molecular weight excluding hydrogens is 526 g/mol. The maximum Gasteiger partial charge on any atom is 0.290 e. The Labute approximate surface area is 240 Å². The van der Waals surface area contributed by atoms with Crippen LogP contribution in [0.5, 0.6) is 0 Å². The lowest BCUT2D eigenvalue weighted by Gasteiger charge is -2.26. The number of hydrogen-bond acceptors (Lipinski definition) is 6. The van der Waals surface area contributed by atoms with Crippen LogP contribution in [0.4, 0.5) is 0 Å². The SMILES string of the molecule is CC[C@H](C)C(NC(=O)C(CC(C)C)NC(C)=O)C(=O)C(=O)NCC(=O)NC(Cc1ccc2ccccc2c1)C(N)=O. The van der Waals surface area contributed by atoms with Gasteiger partial charge in [-0.05, 0) is 34.6 Å². The minimum atomic E-state index is -1.16. The third kappa shape index (κ3) is 10.3. The molecule has 6 N–H and O–H groups in total. The summed E-state index contributed by atoms with van der Waals surface area (Å²) < 4.78 is 0. The number of ketones is 1. The van der Waals surface area contributed by atoms with Crippen molar-refractivity contribution in [1.82, 2.24) is 21.3 Å². The number of nitrogens with one attached hydrogen (secondary N) is 4. The molecule has 0 saturated heterocycles. The van der Waals surface area contributed by atoms with Crippen LogP contribution < -0.4 is 27.0 Å². The molecule has 2 aromatic carbocycles. The Balaban J connectivity index is 2.02. The van der Waals surface area contributed by atoms with Crippen molar-refractivity contribution in [3.63, 3.8) is 0 Å². The number of carbonyl (C=O) groups is 6. The van der Waals surface area contributed by atoms with Crippen molar-refractivity contribution in [3.05, 3.63) is 48.0 Å². The fourth-order valence-electron chi connectivity index (χ4n) is 4.36. The molecule has 0 fully saturated rings. The van der Waals surface area contributed by atoms with Gasteiger partial charge in [-0.3, -0.25) is 28.8 Å². The van der Waals surface area contributed by atoms with Gasteiger partial charge in [-0.25, -0.2) is 0 Å². The lowest BCUT2D eigenvalue weighted by molar-refractivity contribution is -0.142. The van der Waals surface area contributed by atoms with E-state index in [-0.39, 0.29) is 12.3 Å². The molecule has 4 atom stereocenters. The van der Waals surface area contributed by atoms with Crippen LogP contribution in [0.1, 0.15) is 53.0 Å². The van der Waals surface area contributed by atoms with Crippen molar-refractivity contribution in [3.8, 4) is 0 Å². The van der Waals surface area contributed by atoms with Crippen molar-refractivity contribution < 1.29 is 28.8 Å². The lowest BCUT2D eigenvalue weighted by Crippen LogP contribution is -2.56. The summed E-state index contributed by atoms with van der Waals surface area (Å²) in [4.78, 5) is 74.8. The molecule has 0 saturated carbocycles. The smallest absolute Gasteiger partial charge is 0.290 e. The summed E-state index contributed by atoms with van der Waals surface area (Å²) in [5.74, 6) is -4.71. The van der Waals surface area contributed by atoms with Gasteiger partial charge < -0.3 is 27.0 Å². The molecule has 0 aliphatic heterocycles. The molecule has 0 aliphatic rings. The van der Waals surface area contributed by atoms with Gasteiger partial charge in [0.05, 0.1) is 12.6 Å². The van der Waals surface area contributed by atoms with E-state index in [0.29, 0.717) is 12.8 Å². The highest BCUT2D eigenvalue weighted by Crippen LogP contribution is 2.17. The van der Waals surface area contributed by atoms with Gasteiger partial charge in [-0.2, -0.15) is 0 Å². The topological polar surface area (TPSA) is 177 Å². The van der Waals surface area contributed by atoms with Crippen LogP contribution in [0, 0.1) is 11.8 Å². The molecule has 11 nitrogen and oxygen atoms in total. The van der Waals surface area contributed by atoms with E-state index >= 15 is 0 Å². The molecule has 0 bridgehead atoms. The molecule has 2 rings (SSSR count). The predicted octanol–water partition coefficient (Wildman–Crippen LogP) is 1.12. The van der Waals surface area contributed by atoms with E-state index in [1.54, 1.807) is 13.8 Å².